The number of likely N-dealkylation sites (tertiary alicyclic amines) is 1. The van der Waals surface area contributed by atoms with Crippen molar-refractivity contribution in [2.75, 3.05) is 13.1 Å². The highest BCUT2D eigenvalue weighted by atomic mass is 16.6. The summed E-state index contributed by atoms with van der Waals surface area (Å²) in [4.78, 5) is 36.4. The molecule has 1 aromatic rings. The van der Waals surface area contributed by atoms with Crippen LogP contribution in [-0.4, -0.2) is 56.5 Å². The van der Waals surface area contributed by atoms with Gasteiger partial charge in [0.1, 0.15) is 11.9 Å². The number of carbonyl (C=O) groups excluding carboxylic acids is 2. The Morgan fingerprint density at radius 2 is 2.17 bits per heavy atom. The fourth-order valence-electron chi connectivity index (χ4n) is 3.04. The van der Waals surface area contributed by atoms with E-state index >= 15 is 0 Å². The minimum atomic E-state index is -0.515. The molecule has 23 heavy (non-hydrogen) atoms. The van der Waals surface area contributed by atoms with Crippen molar-refractivity contribution < 1.29 is 14.3 Å². The van der Waals surface area contributed by atoms with E-state index in [1.165, 1.54) is 6.33 Å². The molecule has 0 saturated carbocycles. The van der Waals surface area contributed by atoms with Crippen LogP contribution in [0.3, 0.4) is 0 Å². The maximum atomic E-state index is 12.5. The fourth-order valence-corrected chi connectivity index (χ4v) is 3.04. The Balaban J connectivity index is 1.68. The first kappa shape index (κ1) is 15.7. The molecule has 0 aromatic carbocycles. The molecule has 0 spiro atoms. The Kier molecular flexibility index (Phi) is 3.95. The van der Waals surface area contributed by atoms with Gasteiger partial charge in [-0.2, -0.15) is 0 Å². The van der Waals surface area contributed by atoms with Gasteiger partial charge in [-0.15, -0.1) is 0 Å². The molecule has 2 amide bonds. The average Bonchev–Trinajstić information content (AvgIpc) is 2.83. The Labute approximate surface area is 135 Å². The first-order valence-electron chi connectivity index (χ1n) is 7.93. The van der Waals surface area contributed by atoms with Gasteiger partial charge >= 0.3 is 6.09 Å². The van der Waals surface area contributed by atoms with Crippen LogP contribution >= 0.6 is 0 Å². The number of piperidine rings is 1. The molecule has 0 bridgehead atoms. The number of ether oxygens (including phenoxy) is 1. The van der Waals surface area contributed by atoms with Crippen molar-refractivity contribution in [3.8, 4) is 0 Å². The number of nitrogens with zero attached hydrogens (tertiary/aromatic N) is 4. The number of rotatable bonds is 1. The molecule has 0 radical (unpaired) electrons. The first-order valence-corrected chi connectivity index (χ1v) is 7.93. The normalized spacial score (nSPS) is 21.3. The van der Waals surface area contributed by atoms with Crippen molar-refractivity contribution in [3.63, 3.8) is 0 Å². The highest BCUT2D eigenvalue weighted by molar-refractivity contribution is 5.97. The van der Waals surface area contributed by atoms with Crippen molar-refractivity contribution >= 4 is 12.0 Å². The number of fused-ring (bicyclic) bond motifs is 1. The van der Waals surface area contributed by atoms with Gasteiger partial charge in [-0.1, -0.05) is 0 Å². The van der Waals surface area contributed by atoms with E-state index in [1.807, 2.05) is 20.8 Å². The lowest BCUT2D eigenvalue weighted by atomic mass is 10.0. The molecular formula is C16H22N4O3. The SMILES string of the molecule is CC(C)(C)OC(=O)N1CCC[C@H](N2Cc3ncncc3C2=O)C1. The van der Waals surface area contributed by atoms with E-state index in [0.717, 1.165) is 18.5 Å². The Morgan fingerprint density at radius 3 is 2.87 bits per heavy atom. The van der Waals surface area contributed by atoms with Crippen LogP contribution in [0, 0.1) is 0 Å². The molecule has 0 unspecified atom stereocenters. The molecule has 0 N–H and O–H groups in total. The number of hydrogen-bond acceptors (Lipinski definition) is 5. The number of amides is 2. The van der Waals surface area contributed by atoms with E-state index in [1.54, 1.807) is 16.0 Å². The predicted molar refractivity (Wildman–Crippen MR) is 82.7 cm³/mol. The lowest BCUT2D eigenvalue weighted by Gasteiger charge is -2.37. The average molecular weight is 318 g/mol. The lowest BCUT2D eigenvalue weighted by molar-refractivity contribution is 0.0106. The summed E-state index contributed by atoms with van der Waals surface area (Å²) < 4.78 is 5.44. The third kappa shape index (κ3) is 3.28. The minimum Gasteiger partial charge on any atom is -0.444 e. The molecule has 124 valence electrons. The third-order valence-electron chi connectivity index (χ3n) is 4.10. The second-order valence-electron chi connectivity index (χ2n) is 7.04. The minimum absolute atomic E-state index is 0.00188. The van der Waals surface area contributed by atoms with Gasteiger partial charge in [-0.3, -0.25) is 4.79 Å². The summed E-state index contributed by atoms with van der Waals surface area (Å²) in [6.45, 7) is 7.22. The van der Waals surface area contributed by atoms with Crippen molar-refractivity contribution in [2.45, 2.75) is 51.8 Å². The van der Waals surface area contributed by atoms with Crippen molar-refractivity contribution in [1.29, 1.82) is 0 Å². The third-order valence-corrected chi connectivity index (χ3v) is 4.10. The summed E-state index contributed by atoms with van der Waals surface area (Å²) in [6.07, 6.45) is 4.45. The van der Waals surface area contributed by atoms with Crippen LogP contribution in [0.1, 0.15) is 49.7 Å². The predicted octanol–water partition coefficient (Wildman–Crippen LogP) is 1.83. The smallest absolute Gasteiger partial charge is 0.410 e. The molecule has 2 aliphatic rings. The maximum Gasteiger partial charge on any atom is 0.410 e. The van der Waals surface area contributed by atoms with Gasteiger partial charge in [0.2, 0.25) is 0 Å². The molecule has 0 aliphatic carbocycles. The molecule has 3 rings (SSSR count). The van der Waals surface area contributed by atoms with E-state index in [2.05, 4.69) is 9.97 Å². The molecular weight excluding hydrogens is 296 g/mol. The standard InChI is InChI=1S/C16H22N4O3/c1-16(2,3)23-15(22)19-6-4-5-11(8-19)20-9-13-12(14(20)21)7-17-10-18-13/h7,10-11H,4-6,8-9H2,1-3H3/t11-/m0/s1. The zero-order chi connectivity index (χ0) is 16.6. The van der Waals surface area contributed by atoms with Crippen molar-refractivity contribution in [3.05, 3.63) is 23.8 Å². The summed E-state index contributed by atoms with van der Waals surface area (Å²) in [5, 5.41) is 0. The lowest BCUT2D eigenvalue weighted by Crippen LogP contribution is -2.50. The van der Waals surface area contributed by atoms with Gasteiger partial charge in [0.15, 0.2) is 0 Å². The van der Waals surface area contributed by atoms with Gasteiger partial charge in [-0.25, -0.2) is 14.8 Å². The summed E-state index contributed by atoms with van der Waals surface area (Å²) >= 11 is 0. The quantitative estimate of drug-likeness (QED) is 0.789. The largest absolute Gasteiger partial charge is 0.444 e. The van der Waals surface area contributed by atoms with Gasteiger partial charge < -0.3 is 14.5 Å². The van der Waals surface area contributed by atoms with Crippen LogP contribution in [0.15, 0.2) is 12.5 Å². The molecule has 2 aliphatic heterocycles. The molecule has 1 saturated heterocycles. The Morgan fingerprint density at radius 1 is 1.39 bits per heavy atom. The summed E-state index contributed by atoms with van der Waals surface area (Å²) in [6, 6.07) is -0.00188. The van der Waals surface area contributed by atoms with Gasteiger partial charge in [-0.05, 0) is 33.6 Å². The fraction of sp³-hybridized carbons (Fsp3) is 0.625. The van der Waals surface area contributed by atoms with E-state index < -0.39 is 5.60 Å². The van der Waals surface area contributed by atoms with Crippen molar-refractivity contribution in [1.82, 2.24) is 19.8 Å². The molecule has 7 nitrogen and oxygen atoms in total. The van der Waals surface area contributed by atoms with Crippen LogP contribution in [0.4, 0.5) is 4.79 Å². The van der Waals surface area contributed by atoms with Gasteiger partial charge in [0.25, 0.3) is 5.91 Å². The second-order valence-corrected chi connectivity index (χ2v) is 7.04. The molecule has 1 atom stereocenters. The monoisotopic (exact) mass is 318 g/mol. The zero-order valence-corrected chi connectivity index (χ0v) is 13.8. The first-order chi connectivity index (χ1) is 10.8. The van der Waals surface area contributed by atoms with E-state index in [0.29, 0.717) is 25.2 Å². The van der Waals surface area contributed by atoms with Crippen LogP contribution < -0.4 is 0 Å². The molecule has 1 aromatic heterocycles. The molecule has 7 heteroatoms. The maximum absolute atomic E-state index is 12.5. The van der Waals surface area contributed by atoms with Crippen LogP contribution in [-0.2, 0) is 11.3 Å². The topological polar surface area (TPSA) is 75.6 Å². The van der Waals surface area contributed by atoms with Crippen LogP contribution in [0.25, 0.3) is 0 Å². The second kappa shape index (κ2) is 5.79. The number of aromatic nitrogens is 2. The summed E-state index contributed by atoms with van der Waals surface area (Å²) in [5.74, 6) is -0.0448. The van der Waals surface area contributed by atoms with E-state index in [-0.39, 0.29) is 18.0 Å². The zero-order valence-electron chi connectivity index (χ0n) is 13.8. The van der Waals surface area contributed by atoms with E-state index in [4.69, 9.17) is 4.74 Å². The summed E-state index contributed by atoms with van der Waals surface area (Å²) in [5.41, 5.74) is 0.820. The highest BCUT2D eigenvalue weighted by Gasteiger charge is 2.37. The van der Waals surface area contributed by atoms with Crippen molar-refractivity contribution in [2.24, 2.45) is 0 Å². The van der Waals surface area contributed by atoms with Crippen LogP contribution in [0.5, 0.6) is 0 Å². The van der Waals surface area contributed by atoms with E-state index in [9.17, 15) is 9.59 Å². The number of carbonyl (C=O) groups is 2. The molecule has 1 fully saturated rings. The van der Waals surface area contributed by atoms with Crippen LogP contribution in [0.2, 0.25) is 0 Å². The van der Waals surface area contributed by atoms with Gasteiger partial charge in [0.05, 0.1) is 23.8 Å². The van der Waals surface area contributed by atoms with Gasteiger partial charge in [0, 0.05) is 19.3 Å². The Bertz CT molecular complexity index is 626. The Hall–Kier alpha value is -2.18. The number of hydrogen-bond donors (Lipinski definition) is 0. The molecule has 3 heterocycles. The summed E-state index contributed by atoms with van der Waals surface area (Å²) in [7, 11) is 0. The highest BCUT2D eigenvalue weighted by Crippen LogP contribution is 2.26.